The van der Waals surface area contributed by atoms with Gasteiger partial charge in [-0.05, 0) is 55.7 Å². The van der Waals surface area contributed by atoms with Crippen molar-refractivity contribution in [3.05, 3.63) is 57.2 Å². The van der Waals surface area contributed by atoms with E-state index in [2.05, 4.69) is 5.32 Å². The maximum Gasteiger partial charge on any atom is 0.307 e. The third-order valence-electron chi connectivity index (χ3n) is 4.87. The summed E-state index contributed by atoms with van der Waals surface area (Å²) in [6, 6.07) is 11.0. The van der Waals surface area contributed by atoms with Gasteiger partial charge in [-0.3, -0.25) is 13.9 Å². The Bertz CT molecular complexity index is 1260. The summed E-state index contributed by atoms with van der Waals surface area (Å²) < 4.78 is 28.4. The number of hydrogen-bond acceptors (Lipinski definition) is 5. The van der Waals surface area contributed by atoms with Crippen LogP contribution in [-0.2, 0) is 21.9 Å². The molecular weight excluding hydrogens is 422 g/mol. The summed E-state index contributed by atoms with van der Waals surface area (Å²) in [6.45, 7) is 4.00. The van der Waals surface area contributed by atoms with Gasteiger partial charge in [-0.25, -0.2) is 8.42 Å². The van der Waals surface area contributed by atoms with E-state index in [0.29, 0.717) is 17.8 Å². The molecule has 3 rings (SSSR count). The smallest absolute Gasteiger partial charge is 0.307 e. The molecule has 1 heterocycles. The number of amides is 1. The SMILES string of the molecule is Cc1ccc(C)c(N(CCCC(=O)Nc2ccc3c(c2)sc(=O)n3C)S(C)(=O)=O)c1. The predicted octanol–water partition coefficient (Wildman–Crippen LogP) is 3.40. The Kier molecular flexibility index (Phi) is 6.33. The van der Waals surface area contributed by atoms with Gasteiger partial charge in [0.25, 0.3) is 0 Å². The van der Waals surface area contributed by atoms with Gasteiger partial charge in [-0.2, -0.15) is 0 Å². The fourth-order valence-electron chi connectivity index (χ4n) is 3.27. The van der Waals surface area contributed by atoms with Gasteiger partial charge in [-0.1, -0.05) is 23.5 Å². The van der Waals surface area contributed by atoms with Crippen molar-refractivity contribution in [2.24, 2.45) is 7.05 Å². The lowest BCUT2D eigenvalue weighted by Crippen LogP contribution is -2.32. The molecule has 0 bridgehead atoms. The maximum atomic E-state index is 12.4. The number of hydrogen-bond donors (Lipinski definition) is 1. The summed E-state index contributed by atoms with van der Waals surface area (Å²) >= 11 is 1.13. The first kappa shape index (κ1) is 22.0. The average molecular weight is 448 g/mol. The van der Waals surface area contributed by atoms with Gasteiger partial charge >= 0.3 is 4.87 Å². The molecule has 1 amide bonds. The van der Waals surface area contributed by atoms with Crippen LogP contribution in [0.5, 0.6) is 0 Å². The van der Waals surface area contributed by atoms with E-state index in [9.17, 15) is 18.0 Å². The number of carbonyl (C=O) groups excluding carboxylic acids is 1. The van der Waals surface area contributed by atoms with Crippen molar-refractivity contribution in [3.63, 3.8) is 0 Å². The van der Waals surface area contributed by atoms with Crippen LogP contribution in [0.4, 0.5) is 11.4 Å². The first-order chi connectivity index (χ1) is 14.1. The molecule has 1 aromatic heterocycles. The summed E-state index contributed by atoms with van der Waals surface area (Å²) in [5.41, 5.74) is 3.91. The molecule has 0 aliphatic carbocycles. The summed E-state index contributed by atoms with van der Waals surface area (Å²) in [6.07, 6.45) is 1.74. The minimum atomic E-state index is -3.47. The summed E-state index contributed by atoms with van der Waals surface area (Å²) in [5, 5.41) is 2.82. The molecule has 3 aromatic rings. The van der Waals surface area contributed by atoms with E-state index in [4.69, 9.17) is 0 Å². The Morgan fingerprint density at radius 1 is 1.17 bits per heavy atom. The van der Waals surface area contributed by atoms with Gasteiger partial charge in [-0.15, -0.1) is 0 Å². The number of nitrogens with one attached hydrogen (secondary N) is 1. The number of benzene rings is 2. The van der Waals surface area contributed by atoms with Crippen LogP contribution >= 0.6 is 11.3 Å². The fraction of sp³-hybridized carbons (Fsp3) is 0.333. The zero-order valence-electron chi connectivity index (χ0n) is 17.4. The van der Waals surface area contributed by atoms with Crippen molar-refractivity contribution in [1.82, 2.24) is 4.57 Å². The largest absolute Gasteiger partial charge is 0.326 e. The van der Waals surface area contributed by atoms with Crippen LogP contribution in [0.1, 0.15) is 24.0 Å². The van der Waals surface area contributed by atoms with Crippen molar-refractivity contribution >= 4 is 48.9 Å². The summed E-state index contributed by atoms with van der Waals surface area (Å²) in [4.78, 5) is 24.1. The Balaban J connectivity index is 1.66. The topological polar surface area (TPSA) is 88.5 Å². The zero-order chi connectivity index (χ0) is 22.1. The van der Waals surface area contributed by atoms with E-state index in [1.165, 1.54) is 10.6 Å². The Morgan fingerprint density at radius 3 is 2.60 bits per heavy atom. The molecule has 0 radical (unpaired) electrons. The van der Waals surface area contributed by atoms with Crippen LogP contribution in [0.2, 0.25) is 0 Å². The van der Waals surface area contributed by atoms with Crippen LogP contribution < -0.4 is 14.5 Å². The van der Waals surface area contributed by atoms with Crippen LogP contribution in [0.25, 0.3) is 10.2 Å². The molecule has 2 aromatic carbocycles. The van der Waals surface area contributed by atoms with E-state index in [-0.39, 0.29) is 23.7 Å². The highest BCUT2D eigenvalue weighted by atomic mass is 32.2. The maximum absolute atomic E-state index is 12.4. The molecule has 0 atom stereocenters. The van der Waals surface area contributed by atoms with E-state index < -0.39 is 10.0 Å². The number of aromatic nitrogens is 1. The van der Waals surface area contributed by atoms with E-state index >= 15 is 0 Å². The normalized spacial score (nSPS) is 11.6. The van der Waals surface area contributed by atoms with Gasteiger partial charge < -0.3 is 9.88 Å². The van der Waals surface area contributed by atoms with Crippen molar-refractivity contribution in [3.8, 4) is 0 Å². The Morgan fingerprint density at radius 2 is 1.90 bits per heavy atom. The van der Waals surface area contributed by atoms with Crippen molar-refractivity contribution < 1.29 is 13.2 Å². The number of nitrogens with zero attached hydrogens (tertiary/aromatic N) is 2. The van der Waals surface area contributed by atoms with Crippen molar-refractivity contribution in [2.45, 2.75) is 26.7 Å². The van der Waals surface area contributed by atoms with E-state index in [0.717, 1.165) is 32.7 Å². The van der Waals surface area contributed by atoms with Crippen LogP contribution in [0.3, 0.4) is 0 Å². The summed E-state index contributed by atoms with van der Waals surface area (Å²) in [7, 11) is -1.76. The predicted molar refractivity (Wildman–Crippen MR) is 123 cm³/mol. The number of sulfonamides is 1. The first-order valence-corrected chi connectivity index (χ1v) is 12.2. The van der Waals surface area contributed by atoms with Crippen LogP contribution in [0, 0.1) is 13.8 Å². The number of aryl methyl sites for hydroxylation is 3. The Labute approximate surface area is 180 Å². The van der Waals surface area contributed by atoms with Gasteiger partial charge in [0, 0.05) is 25.7 Å². The zero-order valence-corrected chi connectivity index (χ0v) is 19.1. The summed E-state index contributed by atoms with van der Waals surface area (Å²) in [5.74, 6) is -0.202. The number of fused-ring (bicyclic) bond motifs is 1. The fourth-order valence-corrected chi connectivity index (χ4v) is 5.20. The Hall–Kier alpha value is -2.65. The molecule has 9 heteroatoms. The minimum absolute atomic E-state index is 0.0548. The highest BCUT2D eigenvalue weighted by Gasteiger charge is 2.19. The molecule has 0 saturated heterocycles. The highest BCUT2D eigenvalue weighted by Crippen LogP contribution is 2.25. The lowest BCUT2D eigenvalue weighted by atomic mass is 10.1. The molecule has 0 fully saturated rings. The quantitative estimate of drug-likeness (QED) is 0.601. The van der Waals surface area contributed by atoms with E-state index in [1.54, 1.807) is 29.8 Å². The molecule has 0 aliphatic heterocycles. The van der Waals surface area contributed by atoms with Gasteiger partial charge in [0.15, 0.2) is 0 Å². The number of carbonyl (C=O) groups is 1. The monoisotopic (exact) mass is 447 g/mol. The third-order valence-corrected chi connectivity index (χ3v) is 7.05. The molecule has 160 valence electrons. The van der Waals surface area contributed by atoms with E-state index in [1.807, 2.05) is 32.0 Å². The second-order valence-electron chi connectivity index (χ2n) is 7.39. The third kappa shape index (κ3) is 4.91. The molecule has 0 unspecified atom stereocenters. The minimum Gasteiger partial charge on any atom is -0.326 e. The second-order valence-corrected chi connectivity index (χ2v) is 10.3. The standard InChI is InChI=1S/C21H25N3O4S2/c1-14-7-8-15(2)18(12-14)24(30(4,27)28)11-5-6-20(25)22-16-9-10-17-19(13-16)29-21(26)23(17)3/h7-10,12-13H,5-6,11H2,1-4H3,(H,22,25). The average Bonchev–Trinajstić information content (AvgIpc) is 2.93. The number of thiazole rings is 1. The second kappa shape index (κ2) is 8.61. The van der Waals surface area contributed by atoms with Crippen molar-refractivity contribution in [1.29, 1.82) is 0 Å². The van der Waals surface area contributed by atoms with Gasteiger partial charge in [0.1, 0.15) is 0 Å². The first-order valence-electron chi connectivity index (χ1n) is 9.50. The molecule has 1 N–H and O–H groups in total. The van der Waals surface area contributed by atoms with Gasteiger partial charge in [0.05, 0.1) is 22.2 Å². The molecule has 0 spiro atoms. The molecule has 30 heavy (non-hydrogen) atoms. The molecule has 0 saturated carbocycles. The number of rotatable bonds is 7. The van der Waals surface area contributed by atoms with Crippen LogP contribution in [-0.4, -0.2) is 31.7 Å². The molecule has 7 nitrogen and oxygen atoms in total. The lowest BCUT2D eigenvalue weighted by molar-refractivity contribution is -0.116. The van der Waals surface area contributed by atoms with Crippen molar-refractivity contribution in [2.75, 3.05) is 22.4 Å². The molecule has 0 aliphatic rings. The van der Waals surface area contributed by atoms with Gasteiger partial charge in [0.2, 0.25) is 15.9 Å². The highest BCUT2D eigenvalue weighted by molar-refractivity contribution is 7.92. The lowest BCUT2D eigenvalue weighted by Gasteiger charge is -2.24. The van der Waals surface area contributed by atoms with Crippen LogP contribution in [0.15, 0.2) is 41.2 Å². The number of anilines is 2. The molecular formula is C21H25N3O4S2.